The molecule has 0 unspecified atom stereocenters. The highest BCUT2D eigenvalue weighted by Gasteiger charge is 2.38. The first-order valence-corrected chi connectivity index (χ1v) is 6.57. The Balaban J connectivity index is 2.27. The Morgan fingerprint density at radius 1 is 1.08 bits per heavy atom. The van der Waals surface area contributed by atoms with Gasteiger partial charge in [0.15, 0.2) is 0 Å². The van der Waals surface area contributed by atoms with Gasteiger partial charge in [-0.1, -0.05) is 0 Å². The largest absolute Gasteiger partial charge is 0.501 e. The van der Waals surface area contributed by atoms with Crippen LogP contribution in [0.2, 0.25) is 6.04 Å². The van der Waals surface area contributed by atoms with Gasteiger partial charge in [-0.2, -0.15) is 0 Å². The van der Waals surface area contributed by atoms with Gasteiger partial charge in [-0.3, -0.25) is 0 Å². The summed E-state index contributed by atoms with van der Waals surface area (Å²) < 4.78 is 16.0. The van der Waals surface area contributed by atoms with Crippen molar-refractivity contribution in [2.75, 3.05) is 41.0 Å². The molecule has 0 aromatic heterocycles. The zero-order valence-corrected chi connectivity index (χ0v) is 9.71. The standard InChI is InChI=1S/C8H19NO3Si/c1-10-13(11-2,12-3)8-7-9-5-4-6-9/h4-8H2,1-3H3. The second-order valence-corrected chi connectivity index (χ2v) is 6.33. The van der Waals surface area contributed by atoms with Crippen molar-refractivity contribution in [2.24, 2.45) is 0 Å². The molecule has 0 bridgehead atoms. The average Bonchev–Trinajstić information content (AvgIpc) is 2.11. The number of rotatable bonds is 6. The summed E-state index contributed by atoms with van der Waals surface area (Å²) in [6.07, 6.45) is 1.32. The summed E-state index contributed by atoms with van der Waals surface area (Å²) in [4.78, 5) is 2.39. The molecule has 0 aromatic rings. The highest BCUT2D eigenvalue weighted by molar-refractivity contribution is 6.60. The van der Waals surface area contributed by atoms with Crippen LogP contribution in [0.5, 0.6) is 0 Å². The van der Waals surface area contributed by atoms with Crippen LogP contribution in [-0.2, 0) is 13.3 Å². The minimum absolute atomic E-state index is 0.885. The molecular weight excluding hydrogens is 186 g/mol. The van der Waals surface area contributed by atoms with E-state index in [-0.39, 0.29) is 0 Å². The van der Waals surface area contributed by atoms with E-state index in [1.54, 1.807) is 21.3 Å². The molecule has 0 spiro atoms. The van der Waals surface area contributed by atoms with Crippen LogP contribution >= 0.6 is 0 Å². The first kappa shape index (κ1) is 11.1. The fourth-order valence-corrected chi connectivity index (χ4v) is 3.16. The number of hydrogen-bond acceptors (Lipinski definition) is 4. The van der Waals surface area contributed by atoms with Crippen LogP contribution in [0.1, 0.15) is 6.42 Å². The first-order chi connectivity index (χ1) is 6.26. The van der Waals surface area contributed by atoms with Gasteiger partial charge in [0.1, 0.15) is 0 Å². The van der Waals surface area contributed by atoms with Crippen LogP contribution in [0.4, 0.5) is 0 Å². The van der Waals surface area contributed by atoms with E-state index in [1.807, 2.05) is 0 Å². The normalized spacial score (nSPS) is 18.7. The van der Waals surface area contributed by atoms with Crippen molar-refractivity contribution in [3.05, 3.63) is 0 Å². The van der Waals surface area contributed by atoms with Crippen molar-refractivity contribution in [1.29, 1.82) is 0 Å². The van der Waals surface area contributed by atoms with E-state index >= 15 is 0 Å². The third-order valence-electron chi connectivity index (χ3n) is 2.62. The van der Waals surface area contributed by atoms with Gasteiger partial charge in [-0.25, -0.2) is 0 Å². The summed E-state index contributed by atoms with van der Waals surface area (Å²) in [6, 6.07) is 0.885. The minimum atomic E-state index is -2.30. The Hall–Kier alpha value is 0.0569. The molecule has 0 aliphatic carbocycles. The lowest BCUT2D eigenvalue weighted by molar-refractivity contribution is 0.111. The van der Waals surface area contributed by atoms with Gasteiger partial charge in [-0.05, 0) is 19.5 Å². The van der Waals surface area contributed by atoms with Crippen LogP contribution in [0.25, 0.3) is 0 Å². The van der Waals surface area contributed by atoms with Gasteiger partial charge in [0, 0.05) is 33.9 Å². The molecule has 78 valence electrons. The maximum absolute atomic E-state index is 5.32. The number of hydrogen-bond donors (Lipinski definition) is 0. The highest BCUT2D eigenvalue weighted by atomic mass is 28.4. The van der Waals surface area contributed by atoms with Crippen LogP contribution in [-0.4, -0.2) is 54.7 Å². The molecule has 1 fully saturated rings. The van der Waals surface area contributed by atoms with Gasteiger partial charge in [-0.15, -0.1) is 0 Å². The minimum Gasteiger partial charge on any atom is -0.377 e. The topological polar surface area (TPSA) is 30.9 Å². The Kier molecular flexibility index (Phi) is 4.34. The van der Waals surface area contributed by atoms with Crippen LogP contribution in [0, 0.1) is 0 Å². The third-order valence-corrected chi connectivity index (χ3v) is 5.32. The fourth-order valence-electron chi connectivity index (χ4n) is 1.46. The molecule has 0 atom stereocenters. The van der Waals surface area contributed by atoms with Crippen molar-refractivity contribution in [3.63, 3.8) is 0 Å². The van der Waals surface area contributed by atoms with Gasteiger partial charge >= 0.3 is 8.80 Å². The van der Waals surface area contributed by atoms with E-state index in [9.17, 15) is 0 Å². The smallest absolute Gasteiger partial charge is 0.377 e. The molecule has 1 rings (SSSR count). The maximum Gasteiger partial charge on any atom is 0.501 e. The summed E-state index contributed by atoms with van der Waals surface area (Å²) >= 11 is 0. The molecule has 5 heteroatoms. The molecular formula is C8H19NO3Si. The van der Waals surface area contributed by atoms with Crippen molar-refractivity contribution < 1.29 is 13.3 Å². The quantitative estimate of drug-likeness (QED) is 0.593. The third kappa shape index (κ3) is 2.75. The Labute approximate surface area is 81.1 Å². The number of nitrogens with zero attached hydrogens (tertiary/aromatic N) is 1. The molecule has 1 heterocycles. The van der Waals surface area contributed by atoms with Crippen LogP contribution in [0.3, 0.4) is 0 Å². The second kappa shape index (κ2) is 5.07. The summed E-state index contributed by atoms with van der Waals surface area (Å²) in [5, 5.41) is 0. The monoisotopic (exact) mass is 205 g/mol. The van der Waals surface area contributed by atoms with Crippen molar-refractivity contribution in [3.8, 4) is 0 Å². The average molecular weight is 205 g/mol. The zero-order valence-electron chi connectivity index (χ0n) is 8.71. The van der Waals surface area contributed by atoms with Crippen LogP contribution in [0.15, 0.2) is 0 Å². The van der Waals surface area contributed by atoms with Gasteiger partial charge in [0.25, 0.3) is 0 Å². The van der Waals surface area contributed by atoms with Gasteiger partial charge < -0.3 is 18.2 Å². The highest BCUT2D eigenvalue weighted by Crippen LogP contribution is 2.15. The van der Waals surface area contributed by atoms with Crippen LogP contribution < -0.4 is 0 Å². The molecule has 0 amide bonds. The fraction of sp³-hybridized carbons (Fsp3) is 1.00. The Morgan fingerprint density at radius 3 is 1.92 bits per heavy atom. The summed E-state index contributed by atoms with van der Waals surface area (Å²) in [5.74, 6) is 0. The predicted molar refractivity (Wildman–Crippen MR) is 52.6 cm³/mol. The summed E-state index contributed by atoms with van der Waals surface area (Å²) in [6.45, 7) is 3.45. The molecule has 1 saturated heterocycles. The predicted octanol–water partition coefficient (Wildman–Crippen LogP) is 0.570. The van der Waals surface area contributed by atoms with E-state index in [4.69, 9.17) is 13.3 Å². The molecule has 0 N–H and O–H groups in total. The Morgan fingerprint density at radius 2 is 1.62 bits per heavy atom. The molecule has 1 aliphatic rings. The molecule has 0 saturated carbocycles. The van der Waals surface area contributed by atoms with E-state index in [2.05, 4.69) is 4.90 Å². The second-order valence-electron chi connectivity index (χ2n) is 3.24. The molecule has 13 heavy (non-hydrogen) atoms. The summed E-state index contributed by atoms with van der Waals surface area (Å²) in [5.41, 5.74) is 0. The lowest BCUT2D eigenvalue weighted by Crippen LogP contribution is -2.47. The lowest BCUT2D eigenvalue weighted by Gasteiger charge is -2.33. The van der Waals surface area contributed by atoms with E-state index in [0.717, 1.165) is 12.6 Å². The Bertz CT molecular complexity index is 140. The van der Waals surface area contributed by atoms with Gasteiger partial charge in [0.05, 0.1) is 0 Å². The van der Waals surface area contributed by atoms with Crippen molar-refractivity contribution in [2.45, 2.75) is 12.5 Å². The maximum atomic E-state index is 5.32. The lowest BCUT2D eigenvalue weighted by atomic mass is 10.2. The molecule has 0 radical (unpaired) electrons. The molecule has 1 aliphatic heterocycles. The zero-order chi connectivity index (χ0) is 9.73. The first-order valence-electron chi connectivity index (χ1n) is 4.64. The summed E-state index contributed by atoms with van der Waals surface area (Å²) in [7, 11) is 2.68. The van der Waals surface area contributed by atoms with Gasteiger partial charge in [0.2, 0.25) is 0 Å². The molecule has 0 aromatic carbocycles. The molecule has 4 nitrogen and oxygen atoms in total. The number of likely N-dealkylation sites (tertiary alicyclic amines) is 1. The van der Waals surface area contributed by atoms with Crippen molar-refractivity contribution >= 4 is 8.80 Å². The van der Waals surface area contributed by atoms with Crippen molar-refractivity contribution in [1.82, 2.24) is 4.90 Å². The SMILES string of the molecule is CO[Si](CCN1CCC1)(OC)OC. The van der Waals surface area contributed by atoms with E-state index in [0.29, 0.717) is 0 Å². The van der Waals surface area contributed by atoms with E-state index < -0.39 is 8.80 Å². The van der Waals surface area contributed by atoms with E-state index in [1.165, 1.54) is 19.5 Å².